The minimum atomic E-state index is -3.50. The van der Waals surface area contributed by atoms with Gasteiger partial charge in [0.25, 0.3) is 0 Å². The van der Waals surface area contributed by atoms with Crippen LogP contribution >= 0.6 is 11.3 Å². The van der Waals surface area contributed by atoms with Gasteiger partial charge in [-0.1, -0.05) is 45.0 Å². The van der Waals surface area contributed by atoms with Crippen LogP contribution in [0.4, 0.5) is 0 Å². The third-order valence-electron chi connectivity index (χ3n) is 3.24. The summed E-state index contributed by atoms with van der Waals surface area (Å²) in [6, 6.07) is 9.06. The Morgan fingerprint density at radius 3 is 2.30 bits per heavy atom. The molecule has 0 fully saturated rings. The molecular weight excluding hydrogens is 328 g/mol. The summed E-state index contributed by atoms with van der Waals surface area (Å²) < 4.78 is 22.9. The molecule has 0 unspecified atom stereocenters. The smallest absolute Gasteiger partial charge is 0.185 e. The van der Waals surface area contributed by atoms with E-state index in [0.29, 0.717) is 5.56 Å². The minimum absolute atomic E-state index is 0.00854. The Hall–Kier alpha value is -1.97. The van der Waals surface area contributed by atoms with E-state index < -0.39 is 9.84 Å². The maximum Gasteiger partial charge on any atom is 0.185 e. The van der Waals surface area contributed by atoms with Crippen molar-refractivity contribution in [3.63, 3.8) is 0 Å². The number of sulfone groups is 1. The quantitative estimate of drug-likeness (QED) is 0.787. The third kappa shape index (κ3) is 4.27. The van der Waals surface area contributed by atoms with E-state index in [1.807, 2.05) is 12.1 Å². The van der Waals surface area contributed by atoms with E-state index >= 15 is 0 Å². The standard InChI is InChI=1S/C17H18N2O2S2/c1-17(2,3)15-11-22-16(19-15)13-7-5-12(6-8-13)9-14(10-18)23(4,20)21/h5-9,11H,1-4H3. The predicted molar refractivity (Wildman–Crippen MR) is 94.7 cm³/mol. The number of hydrogen-bond donors (Lipinski definition) is 0. The fourth-order valence-electron chi connectivity index (χ4n) is 1.85. The van der Waals surface area contributed by atoms with Crippen LogP contribution in [-0.4, -0.2) is 19.7 Å². The summed E-state index contributed by atoms with van der Waals surface area (Å²) in [6.45, 7) is 6.36. The summed E-state index contributed by atoms with van der Waals surface area (Å²) in [6.07, 6.45) is 2.40. The first-order valence-electron chi connectivity index (χ1n) is 6.99. The van der Waals surface area contributed by atoms with E-state index in [-0.39, 0.29) is 10.3 Å². The molecule has 0 radical (unpaired) electrons. The van der Waals surface area contributed by atoms with E-state index in [1.54, 1.807) is 29.5 Å². The number of aromatic nitrogens is 1. The summed E-state index contributed by atoms with van der Waals surface area (Å²) in [5, 5.41) is 11.9. The molecule has 0 amide bonds. The molecule has 0 aliphatic carbocycles. The summed E-state index contributed by atoms with van der Waals surface area (Å²) in [5.74, 6) is 0. The second kappa shape index (κ2) is 6.26. The molecule has 2 aromatic rings. The number of rotatable bonds is 3. The fourth-order valence-corrected chi connectivity index (χ4v) is 3.42. The molecule has 0 N–H and O–H groups in total. The van der Waals surface area contributed by atoms with Gasteiger partial charge in [0, 0.05) is 22.6 Å². The molecule has 0 saturated heterocycles. The van der Waals surface area contributed by atoms with Crippen molar-refractivity contribution in [2.24, 2.45) is 0 Å². The van der Waals surface area contributed by atoms with E-state index in [2.05, 4.69) is 31.1 Å². The van der Waals surface area contributed by atoms with Crippen LogP contribution in [0.25, 0.3) is 16.6 Å². The highest BCUT2D eigenvalue weighted by molar-refractivity contribution is 7.95. The molecule has 120 valence electrons. The zero-order valence-electron chi connectivity index (χ0n) is 13.5. The molecule has 2 rings (SSSR count). The third-order valence-corrected chi connectivity index (χ3v) is 5.14. The van der Waals surface area contributed by atoms with Gasteiger partial charge in [0.05, 0.1) is 5.69 Å². The average Bonchev–Trinajstić information content (AvgIpc) is 2.94. The summed E-state index contributed by atoms with van der Waals surface area (Å²) in [7, 11) is -3.50. The van der Waals surface area contributed by atoms with E-state index in [4.69, 9.17) is 5.26 Å². The predicted octanol–water partition coefficient (Wildman–Crippen LogP) is 4.02. The number of nitriles is 1. The molecule has 0 aliphatic heterocycles. The molecule has 0 bridgehead atoms. The number of nitrogens with zero attached hydrogens (tertiary/aromatic N) is 2. The molecule has 1 heterocycles. The second-order valence-corrected chi connectivity index (χ2v) is 9.14. The summed E-state index contributed by atoms with van der Waals surface area (Å²) >= 11 is 1.58. The van der Waals surface area contributed by atoms with Gasteiger partial charge in [-0.05, 0) is 11.6 Å². The van der Waals surface area contributed by atoms with E-state index in [1.165, 1.54) is 6.08 Å². The van der Waals surface area contributed by atoms with Crippen molar-refractivity contribution in [3.8, 4) is 16.6 Å². The van der Waals surface area contributed by atoms with Crippen molar-refractivity contribution in [2.45, 2.75) is 26.2 Å². The van der Waals surface area contributed by atoms with Gasteiger partial charge in [0.15, 0.2) is 9.84 Å². The lowest BCUT2D eigenvalue weighted by Crippen LogP contribution is -2.11. The van der Waals surface area contributed by atoms with Crippen LogP contribution in [0.2, 0.25) is 0 Å². The van der Waals surface area contributed by atoms with Gasteiger partial charge in [-0.3, -0.25) is 0 Å². The van der Waals surface area contributed by atoms with Crippen LogP contribution in [0.5, 0.6) is 0 Å². The SMILES string of the molecule is CC(C)(C)c1csc(-c2ccc(C=C(C#N)S(C)(=O)=O)cc2)n1. The van der Waals surface area contributed by atoms with Gasteiger partial charge in [0.1, 0.15) is 16.0 Å². The highest BCUT2D eigenvalue weighted by Crippen LogP contribution is 2.30. The molecule has 1 aromatic carbocycles. The first kappa shape index (κ1) is 17.4. The van der Waals surface area contributed by atoms with Gasteiger partial charge >= 0.3 is 0 Å². The lowest BCUT2D eigenvalue weighted by molar-refractivity contribution is 0.573. The van der Waals surface area contributed by atoms with Crippen LogP contribution in [0.1, 0.15) is 32.0 Å². The Kier molecular flexibility index (Phi) is 4.73. The first-order valence-corrected chi connectivity index (χ1v) is 9.76. The van der Waals surface area contributed by atoms with Crippen LogP contribution in [-0.2, 0) is 15.3 Å². The monoisotopic (exact) mass is 346 g/mol. The highest BCUT2D eigenvalue weighted by atomic mass is 32.2. The van der Waals surface area contributed by atoms with Gasteiger partial charge in [-0.2, -0.15) is 5.26 Å². The van der Waals surface area contributed by atoms with E-state index in [0.717, 1.165) is 22.5 Å². The lowest BCUT2D eigenvalue weighted by atomic mass is 9.93. The molecule has 0 atom stereocenters. The fraction of sp³-hybridized carbons (Fsp3) is 0.294. The normalized spacial score (nSPS) is 12.9. The molecule has 1 aromatic heterocycles. The Bertz CT molecular complexity index is 878. The number of allylic oxidation sites excluding steroid dienone is 1. The highest BCUT2D eigenvalue weighted by Gasteiger charge is 2.18. The number of thiazole rings is 1. The van der Waals surface area contributed by atoms with Gasteiger partial charge < -0.3 is 0 Å². The summed E-state index contributed by atoms with van der Waals surface area (Å²) in [5.41, 5.74) is 2.70. The van der Waals surface area contributed by atoms with Crippen molar-refractivity contribution in [1.29, 1.82) is 5.26 Å². The maximum atomic E-state index is 11.5. The van der Waals surface area contributed by atoms with Crippen molar-refractivity contribution >= 4 is 27.3 Å². The van der Waals surface area contributed by atoms with Crippen LogP contribution in [0.15, 0.2) is 34.6 Å². The maximum absolute atomic E-state index is 11.5. The average molecular weight is 346 g/mol. The molecule has 6 heteroatoms. The first-order chi connectivity index (χ1) is 10.6. The van der Waals surface area contributed by atoms with Gasteiger partial charge in [0.2, 0.25) is 0 Å². The molecule has 0 spiro atoms. The van der Waals surface area contributed by atoms with Gasteiger partial charge in [-0.25, -0.2) is 13.4 Å². The molecular formula is C17H18N2O2S2. The Morgan fingerprint density at radius 1 is 1.26 bits per heavy atom. The van der Waals surface area contributed by atoms with Crippen molar-refractivity contribution in [3.05, 3.63) is 45.8 Å². The molecule has 0 saturated carbocycles. The largest absolute Gasteiger partial charge is 0.241 e. The molecule has 0 aliphatic rings. The Labute approximate surface area is 141 Å². The molecule has 23 heavy (non-hydrogen) atoms. The van der Waals surface area contributed by atoms with Crippen molar-refractivity contribution < 1.29 is 8.42 Å². The summed E-state index contributed by atoms with van der Waals surface area (Å²) in [4.78, 5) is 4.41. The Balaban J connectivity index is 2.32. The minimum Gasteiger partial charge on any atom is -0.241 e. The van der Waals surface area contributed by atoms with Crippen LogP contribution in [0.3, 0.4) is 0 Å². The van der Waals surface area contributed by atoms with Crippen molar-refractivity contribution in [2.75, 3.05) is 6.26 Å². The van der Waals surface area contributed by atoms with Crippen molar-refractivity contribution in [1.82, 2.24) is 4.98 Å². The zero-order chi connectivity index (χ0) is 17.3. The second-order valence-electron chi connectivity index (χ2n) is 6.30. The lowest BCUT2D eigenvalue weighted by Gasteiger charge is -2.14. The topological polar surface area (TPSA) is 70.8 Å². The van der Waals surface area contributed by atoms with Crippen LogP contribution in [0, 0.1) is 11.3 Å². The van der Waals surface area contributed by atoms with E-state index in [9.17, 15) is 8.42 Å². The Morgan fingerprint density at radius 2 is 1.87 bits per heavy atom. The number of benzene rings is 1. The zero-order valence-corrected chi connectivity index (χ0v) is 15.1. The molecule has 4 nitrogen and oxygen atoms in total. The van der Waals surface area contributed by atoms with Crippen LogP contribution < -0.4 is 0 Å². The number of hydrogen-bond acceptors (Lipinski definition) is 5. The van der Waals surface area contributed by atoms with Gasteiger partial charge in [-0.15, -0.1) is 11.3 Å².